The Balaban J connectivity index is 1.52. The van der Waals surface area contributed by atoms with Crippen LogP contribution in [0.25, 0.3) is 0 Å². The van der Waals surface area contributed by atoms with Gasteiger partial charge in [-0.1, -0.05) is 12.1 Å². The van der Waals surface area contributed by atoms with E-state index in [0.717, 1.165) is 56.0 Å². The number of aromatic carboxylic acids is 1. The number of carbonyl (C=O) groups is 1. The van der Waals surface area contributed by atoms with E-state index in [0.29, 0.717) is 16.5 Å². The van der Waals surface area contributed by atoms with E-state index in [1.165, 1.54) is 16.9 Å². The first-order chi connectivity index (χ1) is 11.6. The number of likely N-dealkylation sites (tertiary alicyclic amines) is 1. The first kappa shape index (κ1) is 17.1. The molecule has 0 aromatic carbocycles. The van der Waals surface area contributed by atoms with Gasteiger partial charge in [0.15, 0.2) is 0 Å². The van der Waals surface area contributed by atoms with Gasteiger partial charge in [-0.2, -0.15) is 0 Å². The number of nitrogens with zero attached hydrogens (tertiary/aromatic N) is 3. The lowest BCUT2D eigenvalue weighted by Gasteiger charge is -2.31. The van der Waals surface area contributed by atoms with Crippen molar-refractivity contribution in [1.29, 1.82) is 0 Å². The van der Waals surface area contributed by atoms with Crippen molar-refractivity contribution in [3.63, 3.8) is 0 Å². The Morgan fingerprint density at radius 3 is 2.83 bits per heavy atom. The minimum Gasteiger partial charge on any atom is -0.477 e. The van der Waals surface area contributed by atoms with Crippen LogP contribution in [0.15, 0.2) is 10.8 Å². The van der Waals surface area contributed by atoms with Crippen molar-refractivity contribution in [3.8, 4) is 0 Å². The van der Waals surface area contributed by atoms with Gasteiger partial charge in [0, 0.05) is 18.5 Å². The van der Waals surface area contributed by atoms with Gasteiger partial charge in [-0.15, -0.1) is 11.3 Å². The van der Waals surface area contributed by atoms with Gasteiger partial charge in [0.1, 0.15) is 11.1 Å². The minimum absolute atomic E-state index is 0.377. The summed E-state index contributed by atoms with van der Waals surface area (Å²) in [5.74, 6) is -0.284. The third-order valence-corrected chi connectivity index (χ3v) is 5.83. The average Bonchev–Trinajstić information content (AvgIpc) is 3.15. The van der Waals surface area contributed by atoms with Crippen LogP contribution in [-0.2, 0) is 19.4 Å². The largest absolute Gasteiger partial charge is 0.477 e. The molecule has 2 aromatic heterocycles. The van der Waals surface area contributed by atoms with E-state index >= 15 is 0 Å². The van der Waals surface area contributed by atoms with Gasteiger partial charge >= 0.3 is 5.97 Å². The number of hydrogen-bond acceptors (Lipinski definition) is 6. The second-order valence-electron chi connectivity index (χ2n) is 6.39. The van der Waals surface area contributed by atoms with Crippen LogP contribution < -0.4 is 0 Å². The molecule has 2 aromatic rings. The normalized spacial score (nSPS) is 16.6. The Labute approximate surface area is 145 Å². The van der Waals surface area contributed by atoms with Crippen LogP contribution in [0.5, 0.6) is 0 Å². The lowest BCUT2D eigenvalue weighted by molar-refractivity contribution is 0.0701. The second kappa shape index (κ2) is 7.44. The summed E-state index contributed by atoms with van der Waals surface area (Å²) in [6.45, 7) is 6.87. The number of thiazole rings is 1. The van der Waals surface area contributed by atoms with Crippen LogP contribution in [0.2, 0.25) is 0 Å². The van der Waals surface area contributed by atoms with Crippen molar-refractivity contribution in [2.75, 3.05) is 13.1 Å². The molecule has 1 aliphatic heterocycles. The zero-order valence-corrected chi connectivity index (χ0v) is 14.9. The lowest BCUT2D eigenvalue weighted by atomic mass is 9.93. The highest BCUT2D eigenvalue weighted by Crippen LogP contribution is 2.26. The maximum atomic E-state index is 11.1. The van der Waals surface area contributed by atoms with E-state index < -0.39 is 5.97 Å². The Morgan fingerprint density at radius 2 is 2.21 bits per heavy atom. The molecule has 0 radical (unpaired) electrons. The highest BCUT2D eigenvalue weighted by atomic mass is 32.1. The van der Waals surface area contributed by atoms with E-state index in [9.17, 15) is 4.79 Å². The van der Waals surface area contributed by atoms with Crippen molar-refractivity contribution in [2.24, 2.45) is 5.92 Å². The van der Waals surface area contributed by atoms with Gasteiger partial charge < -0.3 is 9.63 Å². The summed E-state index contributed by atoms with van der Waals surface area (Å²) in [4.78, 5) is 18.4. The molecule has 0 saturated carbocycles. The molecule has 6 nitrogen and oxygen atoms in total. The Bertz CT molecular complexity index is 702. The van der Waals surface area contributed by atoms with Gasteiger partial charge in [-0.05, 0) is 45.2 Å². The maximum Gasteiger partial charge on any atom is 0.347 e. The first-order valence-corrected chi connectivity index (χ1v) is 9.22. The van der Waals surface area contributed by atoms with Crippen LogP contribution >= 0.6 is 11.3 Å². The van der Waals surface area contributed by atoms with Gasteiger partial charge in [0.25, 0.3) is 0 Å². The monoisotopic (exact) mass is 349 g/mol. The summed E-state index contributed by atoms with van der Waals surface area (Å²) in [6.07, 6.45) is 5.79. The molecule has 7 heteroatoms. The van der Waals surface area contributed by atoms with Crippen LogP contribution in [0.4, 0.5) is 0 Å². The predicted octanol–water partition coefficient (Wildman–Crippen LogP) is 3.15. The molecule has 3 heterocycles. The molecule has 3 rings (SSSR count). The summed E-state index contributed by atoms with van der Waals surface area (Å²) in [5.41, 5.74) is 2.88. The van der Waals surface area contributed by atoms with Crippen LogP contribution in [0.1, 0.15) is 51.4 Å². The summed E-state index contributed by atoms with van der Waals surface area (Å²) in [7, 11) is 0. The highest BCUT2D eigenvalue weighted by molar-refractivity contribution is 7.13. The second-order valence-corrected chi connectivity index (χ2v) is 7.47. The van der Waals surface area contributed by atoms with Crippen molar-refractivity contribution < 1.29 is 14.4 Å². The number of aryl methyl sites for hydroxylation is 2. The SMILES string of the molecule is CCc1nocc1CN1CCC(Cc2nc(C)c(C(=O)O)s2)CC1. The topological polar surface area (TPSA) is 79.5 Å². The predicted molar refractivity (Wildman–Crippen MR) is 91.4 cm³/mol. The van der Waals surface area contributed by atoms with Crippen LogP contribution in [0, 0.1) is 12.8 Å². The fourth-order valence-corrected chi connectivity index (χ4v) is 4.29. The first-order valence-electron chi connectivity index (χ1n) is 8.40. The molecule has 1 N–H and O–H groups in total. The molecule has 1 saturated heterocycles. The summed E-state index contributed by atoms with van der Waals surface area (Å²) in [6, 6.07) is 0. The molecule has 0 amide bonds. The average molecular weight is 349 g/mol. The fraction of sp³-hybridized carbons (Fsp3) is 0.588. The van der Waals surface area contributed by atoms with Gasteiger partial charge in [0.2, 0.25) is 0 Å². The van der Waals surface area contributed by atoms with Crippen molar-refractivity contribution in [3.05, 3.63) is 33.1 Å². The molecule has 0 aliphatic carbocycles. The van der Waals surface area contributed by atoms with E-state index in [1.54, 1.807) is 13.2 Å². The summed E-state index contributed by atoms with van der Waals surface area (Å²) in [5, 5.41) is 14.1. The van der Waals surface area contributed by atoms with Crippen LogP contribution in [0.3, 0.4) is 0 Å². The molecule has 0 spiro atoms. The lowest BCUT2D eigenvalue weighted by Crippen LogP contribution is -2.34. The van der Waals surface area contributed by atoms with Crippen molar-refractivity contribution in [2.45, 2.75) is 46.1 Å². The van der Waals surface area contributed by atoms with E-state index in [4.69, 9.17) is 9.63 Å². The number of aromatic nitrogens is 2. The molecule has 0 unspecified atom stereocenters. The third kappa shape index (κ3) is 3.84. The minimum atomic E-state index is -0.869. The van der Waals surface area contributed by atoms with E-state index in [-0.39, 0.29) is 0 Å². The molecule has 1 fully saturated rings. The highest BCUT2D eigenvalue weighted by Gasteiger charge is 2.23. The Kier molecular flexibility index (Phi) is 5.30. The van der Waals surface area contributed by atoms with Crippen molar-refractivity contribution >= 4 is 17.3 Å². The number of piperidine rings is 1. The molecule has 0 bridgehead atoms. The quantitative estimate of drug-likeness (QED) is 0.863. The number of carboxylic acids is 1. The summed E-state index contributed by atoms with van der Waals surface area (Å²) >= 11 is 1.33. The molecule has 130 valence electrons. The smallest absolute Gasteiger partial charge is 0.347 e. The number of hydrogen-bond donors (Lipinski definition) is 1. The maximum absolute atomic E-state index is 11.1. The molecular formula is C17H23N3O3S. The molecule has 1 aliphatic rings. The van der Waals surface area contributed by atoms with Crippen LogP contribution in [-0.4, -0.2) is 39.2 Å². The number of carboxylic acid groups (broad SMARTS) is 1. The number of rotatable bonds is 6. The third-order valence-electron chi connectivity index (χ3n) is 4.66. The van der Waals surface area contributed by atoms with E-state index in [1.807, 2.05) is 0 Å². The standard InChI is InChI=1S/C17H23N3O3S/c1-3-14-13(10-23-19-14)9-20-6-4-12(5-7-20)8-15-18-11(2)16(24-15)17(21)22/h10,12H,3-9H2,1-2H3,(H,21,22). The van der Waals surface area contributed by atoms with Gasteiger partial charge in [-0.25, -0.2) is 9.78 Å². The molecule has 0 atom stereocenters. The van der Waals surface area contributed by atoms with Gasteiger partial charge in [-0.3, -0.25) is 4.90 Å². The van der Waals surface area contributed by atoms with Gasteiger partial charge in [0.05, 0.1) is 16.4 Å². The molecule has 24 heavy (non-hydrogen) atoms. The van der Waals surface area contributed by atoms with E-state index in [2.05, 4.69) is 22.0 Å². The summed E-state index contributed by atoms with van der Waals surface area (Å²) < 4.78 is 5.08. The van der Waals surface area contributed by atoms with Crippen molar-refractivity contribution in [1.82, 2.24) is 15.0 Å². The Morgan fingerprint density at radius 1 is 1.46 bits per heavy atom. The zero-order chi connectivity index (χ0) is 17.1. The molecular weight excluding hydrogens is 326 g/mol. The zero-order valence-electron chi connectivity index (χ0n) is 14.1. The Hall–Kier alpha value is -1.73. The fourth-order valence-electron chi connectivity index (χ4n) is 3.27.